The third kappa shape index (κ3) is 2.03. The van der Waals surface area contributed by atoms with Gasteiger partial charge in [-0.1, -0.05) is 26.3 Å². The molecule has 3 heteroatoms. The summed E-state index contributed by atoms with van der Waals surface area (Å²) < 4.78 is 2.08. The Hall–Kier alpha value is -1.51. The molecule has 2 aromatic heterocycles. The molecule has 0 aliphatic rings. The molecule has 2 heterocycles. The molecule has 0 bridgehead atoms. The molecule has 0 saturated heterocycles. The first-order chi connectivity index (χ1) is 7.72. The van der Waals surface area contributed by atoms with Gasteiger partial charge in [-0.15, -0.1) is 0 Å². The van der Waals surface area contributed by atoms with Crippen LogP contribution in [-0.4, -0.2) is 15.4 Å². The van der Waals surface area contributed by atoms with Crippen molar-refractivity contribution >= 4 is 11.5 Å². The van der Waals surface area contributed by atoms with Crippen molar-refractivity contribution in [2.24, 2.45) is 5.92 Å². The molecule has 2 unspecified atom stereocenters. The van der Waals surface area contributed by atoms with E-state index in [0.717, 1.165) is 11.5 Å². The van der Waals surface area contributed by atoms with Crippen LogP contribution in [0.5, 0.6) is 0 Å². The minimum atomic E-state index is 0.470. The molecule has 0 aromatic carbocycles. The van der Waals surface area contributed by atoms with E-state index in [2.05, 4.69) is 41.5 Å². The number of pyridine rings is 1. The van der Waals surface area contributed by atoms with Crippen LogP contribution in [0.15, 0.2) is 30.6 Å². The van der Waals surface area contributed by atoms with E-state index in [4.69, 9.17) is 0 Å². The molecular weight excluding hydrogens is 198 g/mol. The number of fused-ring (bicyclic) bond motifs is 1. The van der Waals surface area contributed by atoms with Gasteiger partial charge in [-0.3, -0.25) is 4.40 Å². The van der Waals surface area contributed by atoms with Crippen molar-refractivity contribution in [3.8, 4) is 0 Å². The quantitative estimate of drug-likeness (QED) is 0.852. The zero-order chi connectivity index (χ0) is 11.5. The van der Waals surface area contributed by atoms with Gasteiger partial charge in [0.2, 0.25) is 0 Å². The highest BCUT2D eigenvalue weighted by Gasteiger charge is 2.10. The number of hydrogen-bond donors (Lipinski definition) is 1. The number of aromatic nitrogens is 2. The maximum atomic E-state index is 4.27. The van der Waals surface area contributed by atoms with E-state index in [-0.39, 0.29) is 0 Å². The Morgan fingerprint density at radius 2 is 2.19 bits per heavy atom. The first kappa shape index (κ1) is 11.0. The highest BCUT2D eigenvalue weighted by Crippen LogP contribution is 2.16. The van der Waals surface area contributed by atoms with Gasteiger partial charge in [0.25, 0.3) is 0 Å². The van der Waals surface area contributed by atoms with Crippen molar-refractivity contribution in [1.82, 2.24) is 9.38 Å². The normalized spacial score (nSPS) is 14.9. The summed E-state index contributed by atoms with van der Waals surface area (Å²) in [6.07, 6.45) is 5.00. The second-order valence-electron chi connectivity index (χ2n) is 4.39. The number of hydrogen-bond acceptors (Lipinski definition) is 2. The van der Waals surface area contributed by atoms with Crippen LogP contribution in [0, 0.1) is 5.92 Å². The summed E-state index contributed by atoms with van der Waals surface area (Å²) in [5.74, 6) is 1.78. The van der Waals surface area contributed by atoms with Crippen molar-refractivity contribution < 1.29 is 0 Å². The molecule has 86 valence electrons. The second kappa shape index (κ2) is 4.56. The molecule has 0 spiro atoms. The molecule has 0 amide bonds. The van der Waals surface area contributed by atoms with Gasteiger partial charge < -0.3 is 5.32 Å². The molecule has 0 fully saturated rings. The Morgan fingerprint density at radius 3 is 2.94 bits per heavy atom. The van der Waals surface area contributed by atoms with Crippen molar-refractivity contribution in [3.63, 3.8) is 0 Å². The Kier molecular flexibility index (Phi) is 3.13. The number of nitrogens with one attached hydrogen (secondary N) is 1. The fourth-order valence-corrected chi connectivity index (χ4v) is 1.79. The highest BCUT2D eigenvalue weighted by molar-refractivity contribution is 5.50. The van der Waals surface area contributed by atoms with Crippen LogP contribution in [0.3, 0.4) is 0 Å². The van der Waals surface area contributed by atoms with E-state index in [1.165, 1.54) is 6.42 Å². The monoisotopic (exact) mass is 217 g/mol. The van der Waals surface area contributed by atoms with E-state index < -0.39 is 0 Å². The summed E-state index contributed by atoms with van der Waals surface area (Å²) in [7, 11) is 0. The molecule has 0 aliphatic heterocycles. The van der Waals surface area contributed by atoms with E-state index in [1.807, 2.05) is 24.5 Å². The molecule has 1 N–H and O–H groups in total. The molecule has 2 aromatic rings. The largest absolute Gasteiger partial charge is 0.368 e. The van der Waals surface area contributed by atoms with Crippen LogP contribution < -0.4 is 5.32 Å². The van der Waals surface area contributed by atoms with Gasteiger partial charge >= 0.3 is 0 Å². The standard InChI is InChI=1S/C13H19N3/c1-4-10(2)11(3)15-13-7-5-6-12-14-8-9-16(12)13/h5-11,15H,4H2,1-3H3. The van der Waals surface area contributed by atoms with E-state index in [0.29, 0.717) is 12.0 Å². The first-order valence-corrected chi connectivity index (χ1v) is 5.91. The van der Waals surface area contributed by atoms with Crippen molar-refractivity contribution in [1.29, 1.82) is 0 Å². The van der Waals surface area contributed by atoms with Crippen LogP contribution >= 0.6 is 0 Å². The van der Waals surface area contributed by atoms with E-state index in [9.17, 15) is 0 Å². The van der Waals surface area contributed by atoms with Crippen molar-refractivity contribution in [2.45, 2.75) is 33.2 Å². The third-order valence-corrected chi connectivity index (χ3v) is 3.30. The lowest BCUT2D eigenvalue weighted by Crippen LogP contribution is -2.24. The van der Waals surface area contributed by atoms with Crippen molar-refractivity contribution in [3.05, 3.63) is 30.6 Å². The predicted octanol–water partition coefficient (Wildman–Crippen LogP) is 3.18. The van der Waals surface area contributed by atoms with Crippen LogP contribution in [0.1, 0.15) is 27.2 Å². The van der Waals surface area contributed by atoms with Crippen LogP contribution in [0.4, 0.5) is 5.82 Å². The summed E-state index contributed by atoms with van der Waals surface area (Å²) in [5, 5.41) is 3.54. The Balaban J connectivity index is 2.23. The smallest absolute Gasteiger partial charge is 0.138 e. The van der Waals surface area contributed by atoms with Crippen molar-refractivity contribution in [2.75, 3.05) is 5.32 Å². The minimum Gasteiger partial charge on any atom is -0.368 e. The average Bonchev–Trinajstić information content (AvgIpc) is 2.77. The summed E-state index contributed by atoms with van der Waals surface area (Å²) in [6, 6.07) is 6.61. The number of rotatable bonds is 4. The zero-order valence-corrected chi connectivity index (χ0v) is 10.1. The zero-order valence-electron chi connectivity index (χ0n) is 10.1. The maximum absolute atomic E-state index is 4.27. The molecular formula is C13H19N3. The summed E-state index contributed by atoms with van der Waals surface area (Å²) >= 11 is 0. The molecule has 2 atom stereocenters. The molecule has 3 nitrogen and oxygen atoms in total. The third-order valence-electron chi connectivity index (χ3n) is 3.30. The first-order valence-electron chi connectivity index (χ1n) is 5.91. The number of imidazole rings is 1. The fraction of sp³-hybridized carbons (Fsp3) is 0.462. The lowest BCUT2D eigenvalue weighted by Gasteiger charge is -2.21. The van der Waals surface area contributed by atoms with Crippen LogP contribution in [-0.2, 0) is 0 Å². The molecule has 16 heavy (non-hydrogen) atoms. The van der Waals surface area contributed by atoms with Gasteiger partial charge in [0.05, 0.1) is 0 Å². The summed E-state index contributed by atoms with van der Waals surface area (Å²) in [6.45, 7) is 6.72. The average molecular weight is 217 g/mol. The highest BCUT2D eigenvalue weighted by atomic mass is 15.1. The van der Waals surface area contributed by atoms with Gasteiger partial charge in [-0.25, -0.2) is 4.98 Å². The van der Waals surface area contributed by atoms with E-state index in [1.54, 1.807) is 0 Å². The fourth-order valence-electron chi connectivity index (χ4n) is 1.79. The number of nitrogens with zero attached hydrogens (tertiary/aromatic N) is 2. The van der Waals surface area contributed by atoms with Crippen LogP contribution in [0.2, 0.25) is 0 Å². The predicted molar refractivity (Wildman–Crippen MR) is 67.7 cm³/mol. The lowest BCUT2D eigenvalue weighted by molar-refractivity contribution is 0.493. The van der Waals surface area contributed by atoms with E-state index >= 15 is 0 Å². The van der Waals surface area contributed by atoms with Gasteiger partial charge in [0, 0.05) is 18.4 Å². The van der Waals surface area contributed by atoms with Gasteiger partial charge in [0.15, 0.2) is 0 Å². The van der Waals surface area contributed by atoms with Gasteiger partial charge in [0.1, 0.15) is 11.5 Å². The van der Waals surface area contributed by atoms with Gasteiger partial charge in [-0.05, 0) is 25.0 Å². The van der Waals surface area contributed by atoms with Gasteiger partial charge in [-0.2, -0.15) is 0 Å². The lowest BCUT2D eigenvalue weighted by atomic mass is 10.0. The van der Waals surface area contributed by atoms with Crippen LogP contribution in [0.25, 0.3) is 5.65 Å². The second-order valence-corrected chi connectivity index (χ2v) is 4.39. The maximum Gasteiger partial charge on any atom is 0.138 e. The molecule has 0 saturated carbocycles. The number of anilines is 1. The Labute approximate surface area is 96.5 Å². The Bertz CT molecular complexity index is 461. The SMILES string of the molecule is CCC(C)C(C)Nc1cccc2nccn12. The molecule has 0 aliphatic carbocycles. The topological polar surface area (TPSA) is 29.3 Å². The summed E-state index contributed by atoms with van der Waals surface area (Å²) in [5.41, 5.74) is 0.987. The molecule has 0 radical (unpaired) electrons. The molecule has 2 rings (SSSR count). The Morgan fingerprint density at radius 1 is 1.38 bits per heavy atom. The minimum absolute atomic E-state index is 0.470. The summed E-state index contributed by atoms with van der Waals surface area (Å²) in [4.78, 5) is 4.27.